The summed E-state index contributed by atoms with van der Waals surface area (Å²) in [6.07, 6.45) is 1.01. The summed E-state index contributed by atoms with van der Waals surface area (Å²) in [5, 5.41) is 3.31. The van der Waals surface area contributed by atoms with Crippen molar-refractivity contribution >= 4 is 5.69 Å². The van der Waals surface area contributed by atoms with Crippen LogP contribution >= 0.6 is 0 Å². The summed E-state index contributed by atoms with van der Waals surface area (Å²) >= 11 is 0. The van der Waals surface area contributed by atoms with Gasteiger partial charge in [-0.05, 0) is 38.0 Å². The number of ether oxygens (including phenoxy) is 1. The van der Waals surface area contributed by atoms with Gasteiger partial charge in [-0.1, -0.05) is 13.0 Å². The maximum Gasteiger partial charge on any atom is 0.142 e. The third-order valence-corrected chi connectivity index (χ3v) is 2.21. The highest BCUT2D eigenvalue weighted by Crippen LogP contribution is 2.25. The summed E-state index contributed by atoms with van der Waals surface area (Å²) in [6.45, 7) is 7.65. The first-order valence-corrected chi connectivity index (χ1v) is 5.86. The van der Waals surface area contributed by atoms with Crippen LogP contribution in [0, 0.1) is 6.92 Å². The van der Waals surface area contributed by atoms with E-state index in [1.807, 2.05) is 13.0 Å². The predicted molar refractivity (Wildman–Crippen MR) is 69.1 cm³/mol. The van der Waals surface area contributed by atoms with Crippen molar-refractivity contribution in [1.29, 1.82) is 0 Å². The lowest BCUT2D eigenvalue weighted by atomic mass is 10.2. The number of nitrogens with one attached hydrogen (secondary N) is 1. The fourth-order valence-corrected chi connectivity index (χ4v) is 1.39. The van der Waals surface area contributed by atoms with Gasteiger partial charge in [0.25, 0.3) is 0 Å². The molecule has 1 rings (SSSR count). The van der Waals surface area contributed by atoms with Gasteiger partial charge in [-0.2, -0.15) is 0 Å². The van der Waals surface area contributed by atoms with Gasteiger partial charge in [0.15, 0.2) is 0 Å². The van der Waals surface area contributed by atoms with Gasteiger partial charge in [0.05, 0.1) is 12.3 Å². The fraction of sp³-hybridized carbons (Fsp3) is 0.538. The number of benzene rings is 1. The smallest absolute Gasteiger partial charge is 0.142 e. The number of hydrogen-bond donors (Lipinski definition) is 2. The van der Waals surface area contributed by atoms with E-state index < -0.39 is 0 Å². The molecule has 1 aromatic carbocycles. The summed E-state index contributed by atoms with van der Waals surface area (Å²) in [5.41, 5.74) is 7.98. The number of aryl methyl sites for hydroxylation is 1. The Labute approximate surface area is 98.0 Å². The number of rotatable bonds is 6. The SMILES string of the molecule is CCCOc1ccc(C)cc1NCC(C)N. The van der Waals surface area contributed by atoms with Crippen molar-refractivity contribution in [2.45, 2.75) is 33.2 Å². The summed E-state index contributed by atoms with van der Waals surface area (Å²) in [6, 6.07) is 6.30. The van der Waals surface area contributed by atoms with Crippen LogP contribution in [0.2, 0.25) is 0 Å². The molecular weight excluding hydrogens is 200 g/mol. The number of hydrogen-bond acceptors (Lipinski definition) is 3. The van der Waals surface area contributed by atoms with Gasteiger partial charge in [0.2, 0.25) is 0 Å². The fourth-order valence-electron chi connectivity index (χ4n) is 1.39. The lowest BCUT2D eigenvalue weighted by Gasteiger charge is -2.15. The molecule has 0 amide bonds. The van der Waals surface area contributed by atoms with Crippen molar-refractivity contribution in [2.24, 2.45) is 5.73 Å². The van der Waals surface area contributed by atoms with Crippen molar-refractivity contribution in [2.75, 3.05) is 18.5 Å². The van der Waals surface area contributed by atoms with E-state index >= 15 is 0 Å². The second kappa shape index (κ2) is 6.38. The van der Waals surface area contributed by atoms with Gasteiger partial charge in [-0.15, -0.1) is 0 Å². The van der Waals surface area contributed by atoms with Gasteiger partial charge >= 0.3 is 0 Å². The molecule has 0 saturated heterocycles. The quantitative estimate of drug-likeness (QED) is 0.777. The van der Waals surface area contributed by atoms with Crippen LogP contribution in [0.3, 0.4) is 0 Å². The van der Waals surface area contributed by atoms with E-state index in [0.29, 0.717) is 0 Å². The Kier molecular flexibility index (Phi) is 5.12. The van der Waals surface area contributed by atoms with E-state index in [4.69, 9.17) is 10.5 Å². The molecule has 1 unspecified atom stereocenters. The van der Waals surface area contributed by atoms with Gasteiger partial charge < -0.3 is 15.8 Å². The third-order valence-electron chi connectivity index (χ3n) is 2.21. The summed E-state index contributed by atoms with van der Waals surface area (Å²) in [4.78, 5) is 0. The molecule has 0 bridgehead atoms. The zero-order valence-corrected chi connectivity index (χ0v) is 10.4. The van der Waals surface area contributed by atoms with Gasteiger partial charge in [-0.25, -0.2) is 0 Å². The molecule has 0 aromatic heterocycles. The Morgan fingerprint density at radius 3 is 2.81 bits per heavy atom. The molecule has 0 aliphatic heterocycles. The normalized spacial score (nSPS) is 12.2. The van der Waals surface area contributed by atoms with E-state index in [0.717, 1.165) is 31.0 Å². The highest BCUT2D eigenvalue weighted by atomic mass is 16.5. The topological polar surface area (TPSA) is 47.3 Å². The Bertz CT molecular complexity index is 324. The molecule has 16 heavy (non-hydrogen) atoms. The van der Waals surface area contributed by atoms with Crippen LogP contribution in [0.15, 0.2) is 18.2 Å². The molecule has 1 atom stereocenters. The molecule has 3 nitrogen and oxygen atoms in total. The van der Waals surface area contributed by atoms with Crippen LogP contribution in [0.4, 0.5) is 5.69 Å². The van der Waals surface area contributed by atoms with Crippen LogP contribution in [0.25, 0.3) is 0 Å². The first-order chi connectivity index (χ1) is 7.63. The minimum atomic E-state index is 0.138. The molecule has 3 heteroatoms. The number of nitrogens with two attached hydrogens (primary N) is 1. The minimum Gasteiger partial charge on any atom is -0.491 e. The van der Waals surface area contributed by atoms with Crippen LogP contribution < -0.4 is 15.8 Å². The molecule has 90 valence electrons. The van der Waals surface area contributed by atoms with Crippen molar-refractivity contribution in [1.82, 2.24) is 0 Å². The summed E-state index contributed by atoms with van der Waals surface area (Å²) < 4.78 is 5.67. The molecule has 0 fully saturated rings. The molecular formula is C13H22N2O. The Hall–Kier alpha value is -1.22. The average Bonchev–Trinajstić information content (AvgIpc) is 2.25. The standard InChI is InChI=1S/C13H22N2O/c1-4-7-16-13-6-5-10(2)8-12(13)15-9-11(3)14/h5-6,8,11,15H,4,7,9,14H2,1-3H3. The second-order valence-electron chi connectivity index (χ2n) is 4.21. The first kappa shape index (κ1) is 12.8. The summed E-state index contributed by atoms with van der Waals surface area (Å²) in [5.74, 6) is 0.910. The lowest BCUT2D eigenvalue weighted by Crippen LogP contribution is -2.25. The maximum atomic E-state index is 5.73. The van der Waals surface area contributed by atoms with Crippen LogP contribution in [-0.4, -0.2) is 19.2 Å². The molecule has 0 saturated carbocycles. The lowest BCUT2D eigenvalue weighted by molar-refractivity contribution is 0.318. The van der Waals surface area contributed by atoms with E-state index in [1.165, 1.54) is 5.56 Å². The van der Waals surface area contributed by atoms with E-state index in [2.05, 4.69) is 31.3 Å². The van der Waals surface area contributed by atoms with E-state index in [-0.39, 0.29) is 6.04 Å². The Balaban J connectivity index is 2.72. The minimum absolute atomic E-state index is 0.138. The van der Waals surface area contributed by atoms with Crippen LogP contribution in [-0.2, 0) is 0 Å². The molecule has 0 spiro atoms. The van der Waals surface area contributed by atoms with E-state index in [9.17, 15) is 0 Å². The van der Waals surface area contributed by atoms with Crippen molar-refractivity contribution < 1.29 is 4.74 Å². The third kappa shape index (κ3) is 4.11. The maximum absolute atomic E-state index is 5.73. The molecule has 0 aliphatic rings. The van der Waals surface area contributed by atoms with Gasteiger partial charge in [0, 0.05) is 12.6 Å². The van der Waals surface area contributed by atoms with Gasteiger partial charge in [-0.3, -0.25) is 0 Å². The highest BCUT2D eigenvalue weighted by Gasteiger charge is 2.04. The second-order valence-corrected chi connectivity index (χ2v) is 4.21. The highest BCUT2D eigenvalue weighted by molar-refractivity contribution is 5.58. The van der Waals surface area contributed by atoms with Crippen molar-refractivity contribution in [3.63, 3.8) is 0 Å². The summed E-state index contributed by atoms with van der Waals surface area (Å²) in [7, 11) is 0. The van der Waals surface area contributed by atoms with Crippen molar-refractivity contribution in [3.05, 3.63) is 23.8 Å². The molecule has 0 radical (unpaired) electrons. The zero-order chi connectivity index (χ0) is 12.0. The Morgan fingerprint density at radius 1 is 1.44 bits per heavy atom. The zero-order valence-electron chi connectivity index (χ0n) is 10.4. The van der Waals surface area contributed by atoms with E-state index in [1.54, 1.807) is 0 Å². The Morgan fingerprint density at radius 2 is 2.19 bits per heavy atom. The van der Waals surface area contributed by atoms with Crippen LogP contribution in [0.1, 0.15) is 25.8 Å². The molecule has 0 heterocycles. The number of anilines is 1. The molecule has 1 aromatic rings. The molecule has 0 aliphatic carbocycles. The van der Waals surface area contributed by atoms with Crippen molar-refractivity contribution in [3.8, 4) is 5.75 Å². The molecule has 3 N–H and O–H groups in total. The largest absolute Gasteiger partial charge is 0.491 e. The van der Waals surface area contributed by atoms with Gasteiger partial charge in [0.1, 0.15) is 5.75 Å². The first-order valence-electron chi connectivity index (χ1n) is 5.86. The monoisotopic (exact) mass is 222 g/mol. The average molecular weight is 222 g/mol. The van der Waals surface area contributed by atoms with Crippen LogP contribution in [0.5, 0.6) is 5.75 Å². The predicted octanol–water partition coefficient (Wildman–Crippen LogP) is 2.54.